The summed E-state index contributed by atoms with van der Waals surface area (Å²) < 4.78 is 10.6. The average molecular weight is 346 g/mol. The Bertz CT molecular complexity index is 637. The van der Waals surface area contributed by atoms with E-state index in [1.54, 1.807) is 26.2 Å². The molecule has 1 aromatic rings. The van der Waals surface area contributed by atoms with E-state index in [9.17, 15) is 9.59 Å². The van der Waals surface area contributed by atoms with E-state index >= 15 is 0 Å². The Morgan fingerprint density at radius 2 is 1.88 bits per heavy atom. The van der Waals surface area contributed by atoms with Crippen LogP contribution in [-0.4, -0.2) is 25.7 Å². The van der Waals surface area contributed by atoms with Crippen LogP contribution < -0.4 is 15.4 Å². The number of amides is 2. The molecule has 6 nitrogen and oxygen atoms in total. The number of esters is 1. The topological polar surface area (TPSA) is 76.7 Å². The van der Waals surface area contributed by atoms with Crippen molar-refractivity contribution < 1.29 is 19.1 Å². The molecule has 0 aromatic heterocycles. The van der Waals surface area contributed by atoms with Gasteiger partial charge in [0.1, 0.15) is 5.75 Å². The van der Waals surface area contributed by atoms with Crippen LogP contribution in [0.25, 0.3) is 0 Å². The lowest BCUT2D eigenvalue weighted by atomic mass is 9.95. The Balaban J connectivity index is 2.14. The third-order valence-electron chi connectivity index (χ3n) is 4.17. The van der Waals surface area contributed by atoms with Crippen molar-refractivity contribution in [2.45, 2.75) is 45.6 Å². The molecule has 25 heavy (non-hydrogen) atoms. The zero-order valence-electron chi connectivity index (χ0n) is 15.1. The number of benzene rings is 1. The number of hydrogen-bond donors (Lipinski definition) is 2. The minimum absolute atomic E-state index is 0.335. The molecule has 1 aliphatic rings. The summed E-state index contributed by atoms with van der Waals surface area (Å²) in [6.07, 6.45) is 4.15. The number of carbonyl (C=O) groups is 2. The number of methoxy groups -OCH3 is 1. The molecule has 0 saturated heterocycles. The summed E-state index contributed by atoms with van der Waals surface area (Å²) >= 11 is 0. The molecule has 0 aliphatic carbocycles. The SMILES string of the molecule is CCCCCCOC(=O)C1=C(C)NC(=O)N[C@H]1c1ccc(OC)cc1. The van der Waals surface area contributed by atoms with Crippen LogP contribution in [0.3, 0.4) is 0 Å². The van der Waals surface area contributed by atoms with E-state index in [-0.39, 0.29) is 6.03 Å². The minimum atomic E-state index is -0.539. The number of carbonyl (C=O) groups excluding carboxylic acids is 2. The molecular weight excluding hydrogens is 320 g/mol. The van der Waals surface area contributed by atoms with Gasteiger partial charge in [-0.2, -0.15) is 0 Å². The van der Waals surface area contributed by atoms with Gasteiger partial charge in [0.2, 0.25) is 0 Å². The van der Waals surface area contributed by atoms with Crippen molar-refractivity contribution in [3.8, 4) is 5.75 Å². The van der Waals surface area contributed by atoms with Crippen molar-refractivity contribution in [1.82, 2.24) is 10.6 Å². The number of urea groups is 1. The van der Waals surface area contributed by atoms with E-state index in [2.05, 4.69) is 17.6 Å². The van der Waals surface area contributed by atoms with Gasteiger partial charge in [0.15, 0.2) is 0 Å². The summed E-state index contributed by atoms with van der Waals surface area (Å²) in [5, 5.41) is 5.44. The molecule has 6 heteroatoms. The first-order valence-corrected chi connectivity index (χ1v) is 8.66. The van der Waals surface area contributed by atoms with E-state index in [1.165, 1.54) is 0 Å². The number of ether oxygens (including phenoxy) is 2. The van der Waals surface area contributed by atoms with Crippen LogP contribution in [0.15, 0.2) is 35.5 Å². The number of nitrogens with one attached hydrogen (secondary N) is 2. The van der Waals surface area contributed by atoms with Gasteiger partial charge in [0.05, 0.1) is 25.3 Å². The van der Waals surface area contributed by atoms with Gasteiger partial charge in [-0.05, 0) is 31.0 Å². The molecule has 0 bridgehead atoms. The first-order valence-electron chi connectivity index (χ1n) is 8.66. The largest absolute Gasteiger partial charge is 0.497 e. The summed E-state index contributed by atoms with van der Waals surface area (Å²) in [7, 11) is 1.59. The molecule has 0 saturated carbocycles. The van der Waals surface area contributed by atoms with Gasteiger partial charge >= 0.3 is 12.0 Å². The van der Waals surface area contributed by atoms with Gasteiger partial charge in [0.25, 0.3) is 0 Å². The average Bonchev–Trinajstić information content (AvgIpc) is 2.60. The quantitative estimate of drug-likeness (QED) is 0.558. The fourth-order valence-corrected chi connectivity index (χ4v) is 2.78. The molecule has 2 amide bonds. The molecule has 0 radical (unpaired) electrons. The highest BCUT2D eigenvalue weighted by atomic mass is 16.5. The third-order valence-corrected chi connectivity index (χ3v) is 4.17. The van der Waals surface area contributed by atoms with Crippen molar-refractivity contribution in [2.24, 2.45) is 0 Å². The fraction of sp³-hybridized carbons (Fsp3) is 0.474. The Kier molecular flexibility index (Phi) is 6.86. The van der Waals surface area contributed by atoms with E-state index in [0.29, 0.717) is 23.6 Å². The Morgan fingerprint density at radius 1 is 1.16 bits per heavy atom. The van der Waals surface area contributed by atoms with E-state index < -0.39 is 12.0 Å². The highest BCUT2D eigenvalue weighted by Crippen LogP contribution is 2.28. The second-order valence-electron chi connectivity index (χ2n) is 6.04. The van der Waals surface area contributed by atoms with Gasteiger partial charge in [0, 0.05) is 5.70 Å². The van der Waals surface area contributed by atoms with Crippen molar-refractivity contribution in [3.63, 3.8) is 0 Å². The molecule has 0 spiro atoms. The predicted molar refractivity (Wildman–Crippen MR) is 95.2 cm³/mol. The highest BCUT2D eigenvalue weighted by molar-refractivity contribution is 5.95. The standard InChI is InChI=1S/C19H26N2O4/c1-4-5-6-7-12-25-18(22)16-13(2)20-19(23)21-17(16)14-8-10-15(24-3)11-9-14/h8-11,17H,4-7,12H2,1-3H3,(H2,20,21,23)/t17-/m0/s1. The highest BCUT2D eigenvalue weighted by Gasteiger charge is 2.32. The van der Waals surface area contributed by atoms with Crippen LogP contribution in [0.2, 0.25) is 0 Å². The van der Waals surface area contributed by atoms with Gasteiger partial charge in [-0.1, -0.05) is 38.3 Å². The van der Waals surface area contributed by atoms with Gasteiger partial charge in [-0.3, -0.25) is 0 Å². The van der Waals surface area contributed by atoms with Gasteiger partial charge in [-0.15, -0.1) is 0 Å². The van der Waals surface area contributed by atoms with Crippen LogP contribution in [0.4, 0.5) is 4.79 Å². The molecular formula is C19H26N2O4. The molecule has 1 atom stereocenters. The summed E-state index contributed by atoms with van der Waals surface area (Å²) in [5.74, 6) is 0.312. The first kappa shape index (κ1) is 18.8. The first-order chi connectivity index (χ1) is 12.1. The summed E-state index contributed by atoms with van der Waals surface area (Å²) in [4.78, 5) is 24.4. The maximum absolute atomic E-state index is 12.6. The Labute approximate surface area is 148 Å². The van der Waals surface area contributed by atoms with E-state index in [4.69, 9.17) is 9.47 Å². The Hall–Kier alpha value is -2.50. The molecule has 0 fully saturated rings. The zero-order valence-corrected chi connectivity index (χ0v) is 15.1. The second-order valence-corrected chi connectivity index (χ2v) is 6.04. The maximum Gasteiger partial charge on any atom is 0.338 e. The number of allylic oxidation sites excluding steroid dienone is 1. The van der Waals surface area contributed by atoms with Crippen molar-refractivity contribution in [1.29, 1.82) is 0 Å². The summed E-state index contributed by atoms with van der Waals surface area (Å²) in [5.41, 5.74) is 1.75. The molecule has 136 valence electrons. The number of rotatable bonds is 8. The van der Waals surface area contributed by atoms with Crippen LogP contribution in [0.1, 0.15) is 51.1 Å². The molecule has 2 rings (SSSR count). The molecule has 1 aliphatic heterocycles. The lowest BCUT2D eigenvalue weighted by molar-refractivity contribution is -0.139. The monoisotopic (exact) mass is 346 g/mol. The molecule has 0 unspecified atom stereocenters. The normalized spacial score (nSPS) is 16.9. The minimum Gasteiger partial charge on any atom is -0.497 e. The number of hydrogen-bond acceptors (Lipinski definition) is 4. The summed E-state index contributed by atoms with van der Waals surface area (Å²) in [6, 6.07) is 6.38. The summed E-state index contributed by atoms with van der Waals surface area (Å²) in [6.45, 7) is 4.23. The molecule has 1 heterocycles. The molecule has 2 N–H and O–H groups in total. The number of unbranched alkanes of at least 4 members (excludes halogenated alkanes) is 3. The third kappa shape index (κ3) is 4.98. The van der Waals surface area contributed by atoms with Crippen molar-refractivity contribution >= 4 is 12.0 Å². The second kappa shape index (κ2) is 9.11. The Morgan fingerprint density at radius 3 is 2.52 bits per heavy atom. The van der Waals surface area contributed by atoms with Gasteiger partial charge < -0.3 is 20.1 Å². The van der Waals surface area contributed by atoms with E-state index in [0.717, 1.165) is 31.2 Å². The maximum atomic E-state index is 12.6. The fourth-order valence-electron chi connectivity index (χ4n) is 2.78. The van der Waals surface area contributed by atoms with Gasteiger partial charge in [-0.25, -0.2) is 9.59 Å². The van der Waals surface area contributed by atoms with Crippen LogP contribution in [-0.2, 0) is 9.53 Å². The lowest BCUT2D eigenvalue weighted by Gasteiger charge is -2.28. The van der Waals surface area contributed by atoms with Crippen molar-refractivity contribution in [2.75, 3.05) is 13.7 Å². The van der Waals surface area contributed by atoms with Crippen LogP contribution >= 0.6 is 0 Å². The lowest BCUT2D eigenvalue weighted by Crippen LogP contribution is -2.45. The van der Waals surface area contributed by atoms with Crippen LogP contribution in [0, 0.1) is 0 Å². The van der Waals surface area contributed by atoms with Crippen molar-refractivity contribution in [3.05, 3.63) is 41.1 Å². The van der Waals surface area contributed by atoms with Crippen LogP contribution in [0.5, 0.6) is 5.75 Å². The molecule has 1 aromatic carbocycles. The van der Waals surface area contributed by atoms with E-state index in [1.807, 2.05) is 12.1 Å². The predicted octanol–water partition coefficient (Wildman–Crippen LogP) is 3.45. The zero-order chi connectivity index (χ0) is 18.2. The smallest absolute Gasteiger partial charge is 0.338 e.